The van der Waals surface area contributed by atoms with E-state index in [4.69, 9.17) is 4.42 Å². The predicted molar refractivity (Wildman–Crippen MR) is 104 cm³/mol. The third-order valence-electron chi connectivity index (χ3n) is 4.08. The topological polar surface area (TPSA) is 93.2 Å². The molecule has 0 aliphatic rings. The molecule has 0 aliphatic heterocycles. The highest BCUT2D eigenvalue weighted by Gasteiger charge is 2.16. The summed E-state index contributed by atoms with van der Waals surface area (Å²) in [6.45, 7) is 2.33. The lowest BCUT2D eigenvalue weighted by Crippen LogP contribution is -2.15. The van der Waals surface area contributed by atoms with Gasteiger partial charge in [-0.1, -0.05) is 18.2 Å². The number of hydrogen-bond acceptors (Lipinski definition) is 6. The van der Waals surface area contributed by atoms with Gasteiger partial charge in [0.1, 0.15) is 17.3 Å². The zero-order valence-corrected chi connectivity index (χ0v) is 14.9. The third-order valence-corrected chi connectivity index (χ3v) is 4.08. The molecular formula is C20H22N4O3. The molecule has 0 amide bonds. The summed E-state index contributed by atoms with van der Waals surface area (Å²) in [5, 5.41) is 17.7. The van der Waals surface area contributed by atoms with Crippen LogP contribution in [0.4, 0.5) is 11.5 Å². The number of pyridine rings is 1. The molecule has 2 aromatic heterocycles. The average molecular weight is 366 g/mol. The number of aromatic nitrogens is 1. The summed E-state index contributed by atoms with van der Waals surface area (Å²) in [4.78, 5) is 15.0. The van der Waals surface area contributed by atoms with E-state index in [2.05, 4.69) is 15.6 Å². The van der Waals surface area contributed by atoms with Gasteiger partial charge in [-0.05, 0) is 49.7 Å². The Morgan fingerprint density at radius 3 is 2.63 bits per heavy atom. The number of nitro groups is 1. The molecule has 0 aliphatic carbocycles. The Bertz CT molecular complexity index is 864. The van der Waals surface area contributed by atoms with Crippen LogP contribution in [0, 0.1) is 10.1 Å². The van der Waals surface area contributed by atoms with E-state index < -0.39 is 4.92 Å². The van der Waals surface area contributed by atoms with E-state index in [0.717, 1.165) is 37.5 Å². The molecule has 0 fully saturated rings. The molecule has 7 heteroatoms. The van der Waals surface area contributed by atoms with Gasteiger partial charge in [0.05, 0.1) is 17.0 Å². The lowest BCUT2D eigenvalue weighted by molar-refractivity contribution is -0.384. The van der Waals surface area contributed by atoms with Crippen molar-refractivity contribution >= 4 is 11.5 Å². The van der Waals surface area contributed by atoms with Gasteiger partial charge in [-0.25, -0.2) is 4.98 Å². The van der Waals surface area contributed by atoms with Crippen molar-refractivity contribution in [3.63, 3.8) is 0 Å². The number of para-hydroxylation sites is 1. The van der Waals surface area contributed by atoms with Gasteiger partial charge in [0.25, 0.3) is 5.69 Å². The van der Waals surface area contributed by atoms with Crippen molar-refractivity contribution in [1.82, 2.24) is 10.3 Å². The van der Waals surface area contributed by atoms with Crippen molar-refractivity contribution in [1.29, 1.82) is 0 Å². The number of benzene rings is 1. The zero-order valence-electron chi connectivity index (χ0n) is 14.9. The standard InChI is InChI=1S/C20H22N4O3/c25-24(26)18-8-2-1-7-17(18)19-11-10-16(27-19)15-21-12-5-6-14-23-20-9-3-4-13-22-20/h1-4,7-11,13,21H,5-6,12,14-15H2,(H,22,23). The van der Waals surface area contributed by atoms with Gasteiger partial charge in [-0.3, -0.25) is 10.1 Å². The molecule has 0 saturated heterocycles. The Kier molecular flexibility index (Phi) is 6.54. The van der Waals surface area contributed by atoms with Crippen LogP contribution in [0.15, 0.2) is 65.2 Å². The van der Waals surface area contributed by atoms with Gasteiger partial charge in [0, 0.05) is 18.8 Å². The lowest BCUT2D eigenvalue weighted by atomic mass is 10.1. The number of nitro benzene ring substituents is 1. The van der Waals surface area contributed by atoms with Crippen molar-refractivity contribution in [2.45, 2.75) is 19.4 Å². The molecule has 2 N–H and O–H groups in total. The quantitative estimate of drug-likeness (QED) is 0.317. The number of unbranched alkanes of at least 4 members (excludes halogenated alkanes) is 1. The van der Waals surface area contributed by atoms with Crippen molar-refractivity contribution < 1.29 is 9.34 Å². The largest absolute Gasteiger partial charge is 0.459 e. The van der Waals surface area contributed by atoms with Crippen LogP contribution in [0.1, 0.15) is 18.6 Å². The molecule has 0 spiro atoms. The van der Waals surface area contributed by atoms with Crippen LogP contribution in [0.5, 0.6) is 0 Å². The molecule has 3 aromatic rings. The van der Waals surface area contributed by atoms with Gasteiger partial charge in [-0.15, -0.1) is 0 Å². The van der Waals surface area contributed by atoms with Crippen molar-refractivity contribution in [3.05, 3.63) is 76.7 Å². The number of hydrogen-bond donors (Lipinski definition) is 2. The fraction of sp³-hybridized carbons (Fsp3) is 0.250. The smallest absolute Gasteiger partial charge is 0.280 e. The first-order valence-electron chi connectivity index (χ1n) is 8.92. The fourth-order valence-electron chi connectivity index (χ4n) is 2.73. The van der Waals surface area contributed by atoms with Crippen molar-refractivity contribution in [2.75, 3.05) is 18.4 Å². The first-order valence-corrected chi connectivity index (χ1v) is 8.92. The molecule has 27 heavy (non-hydrogen) atoms. The summed E-state index contributed by atoms with van der Waals surface area (Å²) in [6, 6.07) is 16.0. The van der Waals surface area contributed by atoms with E-state index in [9.17, 15) is 10.1 Å². The van der Waals surface area contributed by atoms with Crippen LogP contribution in [-0.2, 0) is 6.54 Å². The van der Waals surface area contributed by atoms with Crippen LogP contribution in [0.25, 0.3) is 11.3 Å². The monoisotopic (exact) mass is 366 g/mol. The molecule has 1 aromatic carbocycles. The first-order chi connectivity index (χ1) is 13.2. The van der Waals surface area contributed by atoms with Crippen LogP contribution in [0.2, 0.25) is 0 Å². The minimum Gasteiger partial charge on any atom is -0.459 e. The van der Waals surface area contributed by atoms with E-state index in [0.29, 0.717) is 17.9 Å². The minimum atomic E-state index is -0.394. The van der Waals surface area contributed by atoms with Crippen LogP contribution >= 0.6 is 0 Å². The number of nitrogens with one attached hydrogen (secondary N) is 2. The van der Waals surface area contributed by atoms with E-state index in [1.54, 1.807) is 30.5 Å². The summed E-state index contributed by atoms with van der Waals surface area (Å²) in [7, 11) is 0. The summed E-state index contributed by atoms with van der Waals surface area (Å²) in [5.74, 6) is 2.16. The maximum atomic E-state index is 11.1. The normalized spacial score (nSPS) is 10.7. The summed E-state index contributed by atoms with van der Waals surface area (Å²) < 4.78 is 5.76. The van der Waals surface area contributed by atoms with E-state index in [1.165, 1.54) is 6.07 Å². The molecule has 140 valence electrons. The molecule has 7 nitrogen and oxygen atoms in total. The predicted octanol–water partition coefficient (Wildman–Crippen LogP) is 4.23. The minimum absolute atomic E-state index is 0.0479. The average Bonchev–Trinajstić information content (AvgIpc) is 3.17. The Labute approximate surface area is 157 Å². The summed E-state index contributed by atoms with van der Waals surface area (Å²) in [5.41, 5.74) is 0.543. The Balaban J connectivity index is 1.39. The van der Waals surface area contributed by atoms with Gasteiger partial charge < -0.3 is 15.1 Å². The Hall–Kier alpha value is -3.19. The lowest BCUT2D eigenvalue weighted by Gasteiger charge is -2.05. The molecule has 0 radical (unpaired) electrons. The van der Waals surface area contributed by atoms with Gasteiger partial charge in [0.2, 0.25) is 0 Å². The van der Waals surface area contributed by atoms with Gasteiger partial charge in [-0.2, -0.15) is 0 Å². The highest BCUT2D eigenvalue weighted by molar-refractivity contribution is 5.69. The van der Waals surface area contributed by atoms with Gasteiger partial charge in [0.15, 0.2) is 0 Å². The number of rotatable bonds is 10. The maximum absolute atomic E-state index is 11.1. The van der Waals surface area contributed by atoms with E-state index >= 15 is 0 Å². The zero-order chi connectivity index (χ0) is 18.9. The second kappa shape index (κ2) is 9.49. The summed E-state index contributed by atoms with van der Waals surface area (Å²) >= 11 is 0. The summed E-state index contributed by atoms with van der Waals surface area (Å²) in [6.07, 6.45) is 3.83. The van der Waals surface area contributed by atoms with Crippen LogP contribution in [-0.4, -0.2) is 23.0 Å². The molecule has 2 heterocycles. The maximum Gasteiger partial charge on any atom is 0.280 e. The number of anilines is 1. The van der Waals surface area contributed by atoms with Gasteiger partial charge >= 0.3 is 0 Å². The van der Waals surface area contributed by atoms with Crippen molar-refractivity contribution in [3.8, 4) is 11.3 Å². The second-order valence-corrected chi connectivity index (χ2v) is 6.07. The molecular weight excluding hydrogens is 344 g/mol. The van der Waals surface area contributed by atoms with Crippen LogP contribution < -0.4 is 10.6 Å². The third kappa shape index (κ3) is 5.39. The highest BCUT2D eigenvalue weighted by atomic mass is 16.6. The SMILES string of the molecule is O=[N+]([O-])c1ccccc1-c1ccc(CNCCCCNc2ccccn2)o1. The first kappa shape index (κ1) is 18.6. The molecule has 0 saturated carbocycles. The molecule has 3 rings (SSSR count). The number of furan rings is 1. The number of nitrogens with zero attached hydrogens (tertiary/aromatic N) is 2. The Morgan fingerprint density at radius 2 is 1.81 bits per heavy atom. The molecule has 0 bridgehead atoms. The van der Waals surface area contributed by atoms with E-state index in [-0.39, 0.29) is 5.69 Å². The van der Waals surface area contributed by atoms with E-state index in [1.807, 2.05) is 24.3 Å². The Morgan fingerprint density at radius 1 is 1.00 bits per heavy atom. The second-order valence-electron chi connectivity index (χ2n) is 6.07. The van der Waals surface area contributed by atoms with Crippen molar-refractivity contribution in [2.24, 2.45) is 0 Å². The highest BCUT2D eigenvalue weighted by Crippen LogP contribution is 2.30. The fourth-order valence-corrected chi connectivity index (χ4v) is 2.73. The van der Waals surface area contributed by atoms with Crippen LogP contribution in [0.3, 0.4) is 0 Å². The molecule has 0 unspecified atom stereocenters. The molecule has 0 atom stereocenters.